The van der Waals surface area contributed by atoms with E-state index in [0.717, 1.165) is 0 Å². The summed E-state index contributed by atoms with van der Waals surface area (Å²) in [6, 6.07) is 4.86. The fraction of sp³-hybridized carbons (Fsp3) is 0.364. The summed E-state index contributed by atoms with van der Waals surface area (Å²) in [5.41, 5.74) is 0.407. The molecule has 0 aliphatic heterocycles. The highest BCUT2D eigenvalue weighted by molar-refractivity contribution is 5.68. The van der Waals surface area contributed by atoms with E-state index in [2.05, 4.69) is 0 Å². The molecule has 1 atom stereocenters. The Labute approximate surface area is 93.2 Å². The lowest BCUT2D eigenvalue weighted by Crippen LogP contribution is -2.07. The van der Waals surface area contributed by atoms with Crippen LogP contribution in [-0.2, 0) is 4.79 Å². The summed E-state index contributed by atoms with van der Waals surface area (Å²) in [5, 5.41) is 18.3. The zero-order chi connectivity index (χ0) is 12.1. The van der Waals surface area contributed by atoms with Crippen LogP contribution in [-0.4, -0.2) is 30.4 Å². The SMILES string of the molecule is COc1ccc(OC)c(C(O)CC(=O)O)c1. The first-order chi connectivity index (χ1) is 7.58. The molecule has 0 aromatic heterocycles. The molecule has 0 saturated carbocycles. The maximum absolute atomic E-state index is 10.5. The van der Waals surface area contributed by atoms with Crippen LogP contribution in [0.2, 0.25) is 0 Å². The molecule has 1 unspecified atom stereocenters. The number of carboxylic acids is 1. The largest absolute Gasteiger partial charge is 0.497 e. The molecule has 1 aromatic rings. The Kier molecular flexibility index (Phi) is 4.13. The van der Waals surface area contributed by atoms with Crippen molar-refractivity contribution in [1.82, 2.24) is 0 Å². The van der Waals surface area contributed by atoms with Crippen LogP contribution in [0.15, 0.2) is 18.2 Å². The van der Waals surface area contributed by atoms with Gasteiger partial charge in [-0.25, -0.2) is 0 Å². The molecule has 1 rings (SSSR count). The Morgan fingerprint density at radius 3 is 2.56 bits per heavy atom. The van der Waals surface area contributed by atoms with Crippen molar-refractivity contribution in [3.63, 3.8) is 0 Å². The second kappa shape index (κ2) is 5.37. The van der Waals surface area contributed by atoms with Crippen LogP contribution in [0.3, 0.4) is 0 Å². The smallest absolute Gasteiger partial charge is 0.306 e. The second-order valence-electron chi connectivity index (χ2n) is 3.22. The van der Waals surface area contributed by atoms with E-state index in [1.165, 1.54) is 14.2 Å². The minimum Gasteiger partial charge on any atom is -0.497 e. The van der Waals surface area contributed by atoms with E-state index >= 15 is 0 Å². The molecule has 0 saturated heterocycles. The number of aliphatic hydroxyl groups is 1. The summed E-state index contributed by atoms with van der Waals surface area (Å²) >= 11 is 0. The van der Waals surface area contributed by atoms with Gasteiger partial charge in [0.25, 0.3) is 0 Å². The predicted molar refractivity (Wildman–Crippen MR) is 56.8 cm³/mol. The molecule has 0 aliphatic carbocycles. The number of rotatable bonds is 5. The third-order valence-corrected chi connectivity index (χ3v) is 2.16. The van der Waals surface area contributed by atoms with Crippen molar-refractivity contribution in [2.24, 2.45) is 0 Å². The quantitative estimate of drug-likeness (QED) is 0.789. The van der Waals surface area contributed by atoms with Crippen LogP contribution in [0, 0.1) is 0 Å². The summed E-state index contributed by atoms with van der Waals surface area (Å²) in [7, 11) is 2.95. The number of ether oxygens (including phenoxy) is 2. The molecule has 5 nitrogen and oxygen atoms in total. The molecule has 88 valence electrons. The van der Waals surface area contributed by atoms with E-state index < -0.39 is 12.1 Å². The van der Waals surface area contributed by atoms with Crippen molar-refractivity contribution in [2.45, 2.75) is 12.5 Å². The summed E-state index contributed by atoms with van der Waals surface area (Å²) in [6.07, 6.45) is -1.48. The van der Waals surface area contributed by atoms with Crippen LogP contribution in [0.25, 0.3) is 0 Å². The van der Waals surface area contributed by atoms with Gasteiger partial charge < -0.3 is 19.7 Å². The topological polar surface area (TPSA) is 76.0 Å². The van der Waals surface area contributed by atoms with E-state index in [0.29, 0.717) is 17.1 Å². The van der Waals surface area contributed by atoms with Crippen molar-refractivity contribution in [1.29, 1.82) is 0 Å². The lowest BCUT2D eigenvalue weighted by Gasteiger charge is -2.14. The Bertz CT molecular complexity index is 375. The molecular weight excluding hydrogens is 212 g/mol. The van der Waals surface area contributed by atoms with E-state index in [-0.39, 0.29) is 6.42 Å². The number of aliphatic carboxylic acids is 1. The highest BCUT2D eigenvalue weighted by Crippen LogP contribution is 2.30. The molecule has 0 spiro atoms. The van der Waals surface area contributed by atoms with Crippen LogP contribution in [0.5, 0.6) is 11.5 Å². The molecule has 0 heterocycles. The third kappa shape index (κ3) is 2.87. The zero-order valence-corrected chi connectivity index (χ0v) is 9.14. The Morgan fingerprint density at radius 1 is 1.38 bits per heavy atom. The minimum absolute atomic E-state index is 0.372. The van der Waals surface area contributed by atoms with Crippen molar-refractivity contribution >= 4 is 5.97 Å². The molecule has 1 aromatic carbocycles. The molecule has 16 heavy (non-hydrogen) atoms. The molecule has 0 bridgehead atoms. The number of carboxylic acid groups (broad SMARTS) is 1. The number of carbonyl (C=O) groups is 1. The zero-order valence-electron chi connectivity index (χ0n) is 9.14. The van der Waals surface area contributed by atoms with Gasteiger partial charge >= 0.3 is 5.97 Å². The maximum Gasteiger partial charge on any atom is 0.306 e. The first kappa shape index (κ1) is 12.3. The number of benzene rings is 1. The van der Waals surface area contributed by atoms with Gasteiger partial charge in [-0.1, -0.05) is 0 Å². The molecule has 0 radical (unpaired) electrons. The van der Waals surface area contributed by atoms with Gasteiger partial charge in [0.2, 0.25) is 0 Å². The normalized spacial score (nSPS) is 11.9. The van der Waals surface area contributed by atoms with E-state index in [1.807, 2.05) is 0 Å². The first-order valence-electron chi connectivity index (χ1n) is 4.70. The lowest BCUT2D eigenvalue weighted by molar-refractivity contribution is -0.139. The first-order valence-corrected chi connectivity index (χ1v) is 4.70. The number of hydrogen-bond donors (Lipinski definition) is 2. The highest BCUT2D eigenvalue weighted by atomic mass is 16.5. The van der Waals surface area contributed by atoms with Gasteiger partial charge in [0.15, 0.2) is 0 Å². The summed E-state index contributed by atoms with van der Waals surface area (Å²) in [4.78, 5) is 10.5. The average molecular weight is 226 g/mol. The van der Waals surface area contributed by atoms with Gasteiger partial charge in [0, 0.05) is 5.56 Å². The van der Waals surface area contributed by atoms with E-state index in [1.54, 1.807) is 18.2 Å². The second-order valence-corrected chi connectivity index (χ2v) is 3.22. The average Bonchev–Trinajstić information content (AvgIpc) is 2.27. The molecule has 0 fully saturated rings. The monoisotopic (exact) mass is 226 g/mol. The van der Waals surface area contributed by atoms with Gasteiger partial charge in [-0.3, -0.25) is 4.79 Å². The van der Waals surface area contributed by atoms with Gasteiger partial charge in [0.05, 0.1) is 26.7 Å². The third-order valence-electron chi connectivity index (χ3n) is 2.16. The van der Waals surface area contributed by atoms with Gasteiger partial charge in [0.1, 0.15) is 11.5 Å². The fourth-order valence-corrected chi connectivity index (χ4v) is 1.38. The van der Waals surface area contributed by atoms with Gasteiger partial charge in [-0.2, -0.15) is 0 Å². The number of methoxy groups -OCH3 is 2. The molecule has 0 amide bonds. The molecule has 2 N–H and O–H groups in total. The van der Waals surface area contributed by atoms with Crippen LogP contribution < -0.4 is 9.47 Å². The molecule has 0 aliphatic rings. The summed E-state index contributed by atoms with van der Waals surface area (Å²) in [6.45, 7) is 0. The summed E-state index contributed by atoms with van der Waals surface area (Å²) < 4.78 is 10.0. The predicted octanol–water partition coefficient (Wildman–Crippen LogP) is 1.21. The molecule has 5 heteroatoms. The fourth-order valence-electron chi connectivity index (χ4n) is 1.38. The van der Waals surface area contributed by atoms with Crippen LogP contribution >= 0.6 is 0 Å². The lowest BCUT2D eigenvalue weighted by atomic mass is 10.1. The van der Waals surface area contributed by atoms with Crippen molar-refractivity contribution in [2.75, 3.05) is 14.2 Å². The van der Waals surface area contributed by atoms with E-state index in [4.69, 9.17) is 14.6 Å². The molecular formula is C11H14O5. The van der Waals surface area contributed by atoms with Crippen molar-refractivity contribution < 1.29 is 24.5 Å². The maximum atomic E-state index is 10.5. The minimum atomic E-state index is -1.11. The van der Waals surface area contributed by atoms with Crippen molar-refractivity contribution in [3.05, 3.63) is 23.8 Å². The van der Waals surface area contributed by atoms with E-state index in [9.17, 15) is 9.90 Å². The van der Waals surface area contributed by atoms with Crippen LogP contribution in [0.1, 0.15) is 18.1 Å². The highest BCUT2D eigenvalue weighted by Gasteiger charge is 2.17. The Balaban J connectivity index is 3.02. The van der Waals surface area contributed by atoms with Gasteiger partial charge in [-0.05, 0) is 18.2 Å². The number of hydrogen-bond acceptors (Lipinski definition) is 4. The Hall–Kier alpha value is -1.75. The number of aliphatic hydroxyl groups excluding tert-OH is 1. The van der Waals surface area contributed by atoms with Crippen LogP contribution in [0.4, 0.5) is 0 Å². The van der Waals surface area contributed by atoms with Gasteiger partial charge in [-0.15, -0.1) is 0 Å². The summed E-state index contributed by atoms with van der Waals surface area (Å²) in [5.74, 6) is -0.0906. The standard InChI is InChI=1S/C11H14O5/c1-15-7-3-4-10(16-2)8(5-7)9(12)6-11(13)14/h3-5,9,12H,6H2,1-2H3,(H,13,14). The van der Waals surface area contributed by atoms with Crippen molar-refractivity contribution in [3.8, 4) is 11.5 Å². The Morgan fingerprint density at radius 2 is 2.06 bits per heavy atom.